The Labute approximate surface area is 123 Å². The maximum absolute atomic E-state index is 11.7. The lowest BCUT2D eigenvalue weighted by Gasteiger charge is -2.29. The second kappa shape index (κ2) is 9.17. The molecule has 0 aromatic rings. The predicted molar refractivity (Wildman–Crippen MR) is 74.8 cm³/mol. The number of carbonyl (C=O) groups excluding carboxylic acids is 2. The highest BCUT2D eigenvalue weighted by atomic mass is 16.5. The van der Waals surface area contributed by atoms with E-state index in [1.165, 1.54) is 7.11 Å². The van der Waals surface area contributed by atoms with Gasteiger partial charge in [-0.15, -0.1) is 0 Å². The van der Waals surface area contributed by atoms with Crippen molar-refractivity contribution >= 4 is 17.9 Å². The Kier molecular flexibility index (Phi) is 7.52. The molecular weight excluding hydrogens is 278 g/mol. The highest BCUT2D eigenvalue weighted by molar-refractivity contribution is 5.84. The summed E-state index contributed by atoms with van der Waals surface area (Å²) in [7, 11) is 1.53. The largest absolute Gasteiger partial charge is 0.481 e. The Morgan fingerprint density at radius 2 is 1.90 bits per heavy atom. The number of carboxylic acids is 1. The molecule has 1 aliphatic carbocycles. The average Bonchev–Trinajstić information content (AvgIpc) is 2.46. The average molecular weight is 301 g/mol. The Balaban J connectivity index is 2.28. The smallest absolute Gasteiger partial charge is 0.315 e. The number of amides is 3. The van der Waals surface area contributed by atoms with E-state index >= 15 is 0 Å². The number of carbonyl (C=O) groups is 3. The summed E-state index contributed by atoms with van der Waals surface area (Å²) < 4.78 is 4.78. The molecule has 2 atom stereocenters. The van der Waals surface area contributed by atoms with E-state index in [9.17, 15) is 14.4 Å². The van der Waals surface area contributed by atoms with Crippen LogP contribution in [0.3, 0.4) is 0 Å². The molecule has 0 aromatic heterocycles. The second-order valence-electron chi connectivity index (χ2n) is 5.01. The molecule has 0 bridgehead atoms. The Morgan fingerprint density at radius 1 is 1.19 bits per heavy atom. The number of methoxy groups -OCH3 is 1. The highest BCUT2D eigenvalue weighted by Crippen LogP contribution is 2.24. The summed E-state index contributed by atoms with van der Waals surface area (Å²) >= 11 is 0. The highest BCUT2D eigenvalue weighted by Gasteiger charge is 2.31. The Bertz CT molecular complexity index is 375. The van der Waals surface area contributed by atoms with Crippen LogP contribution < -0.4 is 16.0 Å². The van der Waals surface area contributed by atoms with E-state index in [2.05, 4.69) is 16.0 Å². The lowest BCUT2D eigenvalue weighted by molar-refractivity contribution is -0.143. The normalized spacial score (nSPS) is 21.4. The summed E-state index contributed by atoms with van der Waals surface area (Å²) in [6, 6.07) is -0.900. The first kappa shape index (κ1) is 17.2. The van der Waals surface area contributed by atoms with Gasteiger partial charge in [0.1, 0.15) is 0 Å². The van der Waals surface area contributed by atoms with Crippen LogP contribution in [0.15, 0.2) is 0 Å². The fourth-order valence-corrected chi connectivity index (χ4v) is 2.33. The van der Waals surface area contributed by atoms with Crippen LogP contribution in [0.25, 0.3) is 0 Å². The number of carboxylic acid groups (broad SMARTS) is 1. The summed E-state index contributed by atoms with van der Waals surface area (Å²) in [4.78, 5) is 34.2. The van der Waals surface area contributed by atoms with Crippen LogP contribution in [-0.2, 0) is 14.3 Å². The Hall–Kier alpha value is -1.83. The van der Waals surface area contributed by atoms with Crippen LogP contribution in [-0.4, -0.2) is 55.9 Å². The number of ether oxygens (including phenoxy) is 1. The van der Waals surface area contributed by atoms with Gasteiger partial charge in [0, 0.05) is 19.7 Å². The number of urea groups is 1. The minimum atomic E-state index is -0.891. The fourth-order valence-electron chi connectivity index (χ4n) is 2.33. The quantitative estimate of drug-likeness (QED) is 0.481. The zero-order valence-corrected chi connectivity index (χ0v) is 12.2. The molecule has 0 saturated heterocycles. The van der Waals surface area contributed by atoms with Gasteiger partial charge in [-0.25, -0.2) is 4.79 Å². The van der Waals surface area contributed by atoms with Crippen molar-refractivity contribution in [3.05, 3.63) is 0 Å². The van der Waals surface area contributed by atoms with Crippen molar-refractivity contribution in [2.45, 2.75) is 31.7 Å². The third-order valence-corrected chi connectivity index (χ3v) is 3.44. The van der Waals surface area contributed by atoms with Crippen molar-refractivity contribution < 1.29 is 24.2 Å². The Morgan fingerprint density at radius 3 is 2.57 bits per heavy atom. The summed E-state index contributed by atoms with van der Waals surface area (Å²) in [5.41, 5.74) is 0. The van der Waals surface area contributed by atoms with Gasteiger partial charge >= 0.3 is 12.0 Å². The van der Waals surface area contributed by atoms with E-state index < -0.39 is 17.9 Å². The summed E-state index contributed by atoms with van der Waals surface area (Å²) in [6.45, 7) is 0.628. The number of rotatable bonds is 7. The van der Waals surface area contributed by atoms with Crippen molar-refractivity contribution in [3.8, 4) is 0 Å². The molecule has 21 heavy (non-hydrogen) atoms. The third-order valence-electron chi connectivity index (χ3n) is 3.44. The van der Waals surface area contributed by atoms with Crippen LogP contribution in [0.2, 0.25) is 0 Å². The zero-order valence-electron chi connectivity index (χ0n) is 12.2. The van der Waals surface area contributed by atoms with Gasteiger partial charge < -0.3 is 25.8 Å². The molecule has 8 heteroatoms. The first-order valence-corrected chi connectivity index (χ1v) is 7.07. The van der Waals surface area contributed by atoms with Crippen molar-refractivity contribution in [3.63, 3.8) is 0 Å². The molecule has 1 fully saturated rings. The van der Waals surface area contributed by atoms with Crippen molar-refractivity contribution in [1.29, 1.82) is 0 Å². The van der Waals surface area contributed by atoms with Crippen molar-refractivity contribution in [2.75, 3.05) is 26.8 Å². The van der Waals surface area contributed by atoms with E-state index in [1.807, 2.05) is 0 Å². The van der Waals surface area contributed by atoms with Gasteiger partial charge in [-0.05, 0) is 12.8 Å². The minimum absolute atomic E-state index is 0.153. The topological polar surface area (TPSA) is 117 Å². The molecule has 1 rings (SSSR count). The van der Waals surface area contributed by atoms with Gasteiger partial charge in [-0.2, -0.15) is 0 Å². The van der Waals surface area contributed by atoms with E-state index in [-0.39, 0.29) is 18.5 Å². The molecule has 2 unspecified atom stereocenters. The standard InChI is InChI=1S/C13H23N3O5/c1-21-7-6-14-11(17)8-15-13(20)16-10-5-3-2-4-9(10)12(18)19/h9-10H,2-8H2,1H3,(H,14,17)(H,18,19)(H2,15,16,20). The van der Waals surface area contributed by atoms with Crippen LogP contribution in [0.1, 0.15) is 25.7 Å². The zero-order chi connectivity index (χ0) is 15.7. The molecule has 0 radical (unpaired) electrons. The van der Waals surface area contributed by atoms with Gasteiger partial charge in [0.25, 0.3) is 0 Å². The number of hydrogen-bond donors (Lipinski definition) is 4. The summed E-state index contributed by atoms with van der Waals surface area (Å²) in [5.74, 6) is -1.77. The SMILES string of the molecule is COCCNC(=O)CNC(=O)NC1CCCCC1C(=O)O. The van der Waals surface area contributed by atoms with E-state index in [4.69, 9.17) is 9.84 Å². The first-order chi connectivity index (χ1) is 10.0. The van der Waals surface area contributed by atoms with Gasteiger partial charge in [-0.1, -0.05) is 12.8 Å². The van der Waals surface area contributed by atoms with Crippen LogP contribution in [0.5, 0.6) is 0 Å². The fraction of sp³-hybridized carbons (Fsp3) is 0.769. The first-order valence-electron chi connectivity index (χ1n) is 7.07. The lowest BCUT2D eigenvalue weighted by atomic mass is 9.84. The molecule has 0 aliphatic heterocycles. The number of hydrogen-bond acceptors (Lipinski definition) is 4. The molecular formula is C13H23N3O5. The second-order valence-corrected chi connectivity index (χ2v) is 5.01. The lowest BCUT2D eigenvalue weighted by Crippen LogP contribution is -2.50. The molecule has 0 aromatic carbocycles. The molecule has 1 saturated carbocycles. The summed E-state index contributed by atoms with van der Waals surface area (Å²) in [5, 5.41) is 16.7. The maximum atomic E-state index is 11.7. The van der Waals surface area contributed by atoms with Crippen molar-refractivity contribution in [1.82, 2.24) is 16.0 Å². The van der Waals surface area contributed by atoms with Gasteiger partial charge in [0.05, 0.1) is 19.1 Å². The predicted octanol–water partition coefficient (Wildman–Crippen LogP) is -0.308. The molecule has 1 aliphatic rings. The third kappa shape index (κ3) is 6.44. The summed E-state index contributed by atoms with van der Waals surface area (Å²) in [6.07, 6.45) is 2.97. The maximum Gasteiger partial charge on any atom is 0.315 e. The number of nitrogens with one attached hydrogen (secondary N) is 3. The minimum Gasteiger partial charge on any atom is -0.481 e. The van der Waals surface area contributed by atoms with Gasteiger partial charge in [-0.3, -0.25) is 9.59 Å². The number of aliphatic carboxylic acids is 1. The molecule has 120 valence electrons. The molecule has 4 N–H and O–H groups in total. The van der Waals surface area contributed by atoms with E-state index in [0.29, 0.717) is 26.0 Å². The molecule has 0 spiro atoms. The van der Waals surface area contributed by atoms with E-state index in [1.54, 1.807) is 0 Å². The molecule has 3 amide bonds. The van der Waals surface area contributed by atoms with Gasteiger partial charge in [0.15, 0.2) is 0 Å². The van der Waals surface area contributed by atoms with Crippen LogP contribution >= 0.6 is 0 Å². The van der Waals surface area contributed by atoms with Gasteiger partial charge in [0.2, 0.25) is 5.91 Å². The molecule has 0 heterocycles. The van der Waals surface area contributed by atoms with Crippen LogP contribution in [0, 0.1) is 5.92 Å². The van der Waals surface area contributed by atoms with Crippen LogP contribution in [0.4, 0.5) is 4.79 Å². The molecule has 8 nitrogen and oxygen atoms in total. The monoisotopic (exact) mass is 301 g/mol. The van der Waals surface area contributed by atoms with E-state index in [0.717, 1.165) is 12.8 Å². The van der Waals surface area contributed by atoms with Crippen molar-refractivity contribution in [2.24, 2.45) is 5.92 Å².